The maximum absolute atomic E-state index is 11.0. The average Bonchev–Trinajstić information content (AvgIpc) is 2.99. The fourth-order valence-corrected chi connectivity index (χ4v) is 4.00. The molecule has 1 amide bonds. The number of nitrogens with zero attached hydrogens (tertiary/aromatic N) is 1. The zero-order valence-electron chi connectivity index (χ0n) is 14.8. The van der Waals surface area contributed by atoms with Crippen LogP contribution < -0.4 is 16.0 Å². The number of rotatable bonds is 6. The van der Waals surface area contributed by atoms with Gasteiger partial charge in [0.15, 0.2) is 5.96 Å². The molecule has 5 nitrogen and oxygen atoms in total. The van der Waals surface area contributed by atoms with Crippen LogP contribution in [0.2, 0.25) is 0 Å². The molecule has 0 radical (unpaired) electrons. The van der Waals surface area contributed by atoms with Crippen LogP contribution in [0.4, 0.5) is 5.69 Å². The Kier molecular flexibility index (Phi) is 6.97. The van der Waals surface area contributed by atoms with Crippen LogP contribution in [0.1, 0.15) is 32.3 Å². The van der Waals surface area contributed by atoms with Crippen molar-refractivity contribution in [3.63, 3.8) is 0 Å². The molecule has 1 heterocycles. The van der Waals surface area contributed by atoms with Crippen molar-refractivity contribution in [3.05, 3.63) is 29.8 Å². The molecule has 0 aromatic heterocycles. The molecule has 2 rings (SSSR count). The third-order valence-electron chi connectivity index (χ3n) is 4.13. The van der Waals surface area contributed by atoms with Crippen LogP contribution in [0.3, 0.4) is 0 Å². The van der Waals surface area contributed by atoms with Crippen molar-refractivity contribution in [2.24, 2.45) is 4.99 Å². The van der Waals surface area contributed by atoms with E-state index in [1.807, 2.05) is 43.1 Å². The van der Waals surface area contributed by atoms with Crippen LogP contribution in [0.25, 0.3) is 0 Å². The number of aliphatic imine (C=N–C) groups is 1. The lowest BCUT2D eigenvalue weighted by Crippen LogP contribution is -2.44. The third kappa shape index (κ3) is 6.07. The Morgan fingerprint density at radius 1 is 1.29 bits per heavy atom. The maximum atomic E-state index is 11.0. The van der Waals surface area contributed by atoms with Crippen molar-refractivity contribution in [2.75, 3.05) is 31.2 Å². The molecule has 24 heavy (non-hydrogen) atoms. The van der Waals surface area contributed by atoms with Gasteiger partial charge in [0.25, 0.3) is 0 Å². The lowest BCUT2D eigenvalue weighted by Gasteiger charge is -2.24. The van der Waals surface area contributed by atoms with Crippen molar-refractivity contribution >= 4 is 29.3 Å². The van der Waals surface area contributed by atoms with E-state index < -0.39 is 0 Å². The van der Waals surface area contributed by atoms with Crippen LogP contribution in [-0.4, -0.2) is 42.5 Å². The molecule has 0 aliphatic carbocycles. The van der Waals surface area contributed by atoms with Crippen LogP contribution in [0.15, 0.2) is 29.3 Å². The lowest BCUT2D eigenvalue weighted by molar-refractivity contribution is -0.114. The second kappa shape index (κ2) is 8.97. The van der Waals surface area contributed by atoms with Gasteiger partial charge in [-0.05, 0) is 49.6 Å². The van der Waals surface area contributed by atoms with E-state index in [0.29, 0.717) is 4.75 Å². The Bertz CT molecular complexity index is 565. The summed E-state index contributed by atoms with van der Waals surface area (Å²) in [6.07, 6.45) is 3.48. The fourth-order valence-electron chi connectivity index (χ4n) is 2.75. The topological polar surface area (TPSA) is 65.5 Å². The summed E-state index contributed by atoms with van der Waals surface area (Å²) in [5.41, 5.74) is 2.06. The summed E-state index contributed by atoms with van der Waals surface area (Å²) in [4.78, 5) is 15.3. The van der Waals surface area contributed by atoms with Crippen LogP contribution in [0, 0.1) is 0 Å². The Morgan fingerprint density at radius 2 is 2.04 bits per heavy atom. The highest BCUT2D eigenvalue weighted by Crippen LogP contribution is 2.36. The fraction of sp³-hybridized carbons (Fsp3) is 0.556. The second-order valence-electron chi connectivity index (χ2n) is 6.38. The van der Waals surface area contributed by atoms with Crippen LogP contribution in [-0.2, 0) is 11.2 Å². The van der Waals surface area contributed by atoms with E-state index in [9.17, 15) is 4.79 Å². The average molecular weight is 349 g/mol. The van der Waals surface area contributed by atoms with Gasteiger partial charge in [-0.3, -0.25) is 9.79 Å². The van der Waals surface area contributed by atoms with Crippen molar-refractivity contribution in [1.82, 2.24) is 10.6 Å². The SMILES string of the molecule is CN=C(NCCc1ccc(NC(C)=O)cc1)NCC1(C)CCCS1. The largest absolute Gasteiger partial charge is 0.356 e. The van der Waals surface area contributed by atoms with Crippen molar-refractivity contribution in [1.29, 1.82) is 0 Å². The Balaban J connectivity index is 1.72. The van der Waals surface area contributed by atoms with E-state index in [0.717, 1.165) is 31.2 Å². The van der Waals surface area contributed by atoms with E-state index in [1.54, 1.807) is 0 Å². The number of anilines is 1. The number of hydrogen-bond donors (Lipinski definition) is 3. The van der Waals surface area contributed by atoms with Crippen LogP contribution in [0.5, 0.6) is 0 Å². The van der Waals surface area contributed by atoms with E-state index in [2.05, 4.69) is 27.9 Å². The van der Waals surface area contributed by atoms with Gasteiger partial charge in [-0.1, -0.05) is 12.1 Å². The molecule has 1 aliphatic rings. The van der Waals surface area contributed by atoms with Gasteiger partial charge in [0.1, 0.15) is 0 Å². The smallest absolute Gasteiger partial charge is 0.221 e. The summed E-state index contributed by atoms with van der Waals surface area (Å²) in [6.45, 7) is 5.61. The molecule has 1 aliphatic heterocycles. The summed E-state index contributed by atoms with van der Waals surface area (Å²) in [5.74, 6) is 2.07. The third-order valence-corrected chi connectivity index (χ3v) is 5.67. The Labute approximate surface area is 149 Å². The van der Waals surface area contributed by atoms with Crippen LogP contribution >= 0.6 is 11.8 Å². The first-order chi connectivity index (χ1) is 11.5. The highest BCUT2D eigenvalue weighted by atomic mass is 32.2. The minimum atomic E-state index is -0.0478. The van der Waals surface area contributed by atoms with Gasteiger partial charge < -0.3 is 16.0 Å². The molecule has 1 aromatic carbocycles. The molecule has 3 N–H and O–H groups in total. The number of nitrogens with one attached hydrogen (secondary N) is 3. The molecule has 1 fully saturated rings. The molecule has 6 heteroatoms. The first-order valence-electron chi connectivity index (χ1n) is 8.46. The van der Waals surface area contributed by atoms with E-state index >= 15 is 0 Å². The van der Waals surface area contributed by atoms with Gasteiger partial charge in [0.05, 0.1) is 0 Å². The van der Waals surface area contributed by atoms with Gasteiger partial charge in [-0.15, -0.1) is 0 Å². The molecule has 1 unspecified atom stereocenters. The lowest BCUT2D eigenvalue weighted by atomic mass is 10.1. The number of guanidine groups is 1. The molecule has 1 saturated heterocycles. The predicted molar refractivity (Wildman–Crippen MR) is 104 cm³/mol. The number of hydrogen-bond acceptors (Lipinski definition) is 3. The normalized spacial score (nSPS) is 20.7. The van der Waals surface area contributed by atoms with Crippen molar-refractivity contribution < 1.29 is 4.79 Å². The molecular weight excluding hydrogens is 320 g/mol. The number of benzene rings is 1. The van der Waals surface area contributed by atoms with Crippen molar-refractivity contribution in [3.8, 4) is 0 Å². The predicted octanol–water partition coefficient (Wildman–Crippen LogP) is 2.64. The monoisotopic (exact) mass is 348 g/mol. The summed E-state index contributed by atoms with van der Waals surface area (Å²) in [5, 5.41) is 9.58. The Hall–Kier alpha value is -1.69. The maximum Gasteiger partial charge on any atom is 0.221 e. The number of thioether (sulfide) groups is 1. The van der Waals surface area contributed by atoms with Crippen molar-refractivity contribution in [2.45, 2.75) is 37.9 Å². The van der Waals surface area contributed by atoms with Gasteiger partial charge in [-0.25, -0.2) is 0 Å². The number of amides is 1. The summed E-state index contributed by atoms with van der Waals surface area (Å²) < 4.78 is 0.331. The highest BCUT2D eigenvalue weighted by molar-refractivity contribution is 8.00. The molecule has 132 valence electrons. The first kappa shape index (κ1) is 18.6. The summed E-state index contributed by atoms with van der Waals surface area (Å²) in [6, 6.07) is 7.95. The minimum Gasteiger partial charge on any atom is -0.356 e. The van der Waals surface area contributed by atoms with E-state index in [1.165, 1.54) is 31.1 Å². The molecule has 0 bridgehead atoms. The Morgan fingerprint density at radius 3 is 2.62 bits per heavy atom. The summed E-state index contributed by atoms with van der Waals surface area (Å²) >= 11 is 2.05. The zero-order chi connectivity index (χ0) is 17.4. The summed E-state index contributed by atoms with van der Waals surface area (Å²) in [7, 11) is 1.81. The standard InChI is InChI=1S/C18H28N4OS/c1-14(23)22-16-7-5-15(6-8-16)9-11-20-17(19-3)21-13-18(2)10-4-12-24-18/h5-8H,4,9-13H2,1-3H3,(H,22,23)(H2,19,20,21). The molecule has 0 spiro atoms. The quantitative estimate of drug-likeness (QED) is 0.546. The number of carbonyl (C=O) groups excluding carboxylic acids is 1. The molecule has 1 atom stereocenters. The minimum absolute atomic E-state index is 0.0478. The van der Waals surface area contributed by atoms with Gasteiger partial charge in [0.2, 0.25) is 5.91 Å². The highest BCUT2D eigenvalue weighted by Gasteiger charge is 2.29. The van der Waals surface area contributed by atoms with E-state index in [4.69, 9.17) is 0 Å². The van der Waals surface area contributed by atoms with Gasteiger partial charge in [0, 0.05) is 37.5 Å². The van der Waals surface area contributed by atoms with Gasteiger partial charge in [-0.2, -0.15) is 11.8 Å². The van der Waals surface area contributed by atoms with E-state index in [-0.39, 0.29) is 5.91 Å². The first-order valence-corrected chi connectivity index (χ1v) is 9.44. The second-order valence-corrected chi connectivity index (χ2v) is 8.07. The molecule has 1 aromatic rings. The number of carbonyl (C=O) groups is 1. The molecule has 0 saturated carbocycles. The van der Waals surface area contributed by atoms with Gasteiger partial charge >= 0.3 is 0 Å². The zero-order valence-corrected chi connectivity index (χ0v) is 15.6. The molecular formula is C18H28N4OS.